The SMILES string of the molecule is Cc1c(C(N)=O)c(-c2ccc3c(c2)OCCO3)c(C)n1C(C)C(C)C. The molecule has 25 heavy (non-hydrogen) atoms. The molecule has 1 amide bonds. The summed E-state index contributed by atoms with van der Waals surface area (Å²) >= 11 is 0. The minimum absolute atomic E-state index is 0.268. The van der Waals surface area contributed by atoms with Gasteiger partial charge in [0, 0.05) is 23.0 Å². The molecule has 0 saturated carbocycles. The van der Waals surface area contributed by atoms with Gasteiger partial charge in [0.25, 0.3) is 5.91 Å². The fourth-order valence-electron chi connectivity index (χ4n) is 3.62. The molecule has 3 rings (SSSR count). The molecule has 0 radical (unpaired) electrons. The number of aromatic nitrogens is 1. The molecule has 0 spiro atoms. The van der Waals surface area contributed by atoms with Gasteiger partial charge in [0.15, 0.2) is 11.5 Å². The van der Waals surface area contributed by atoms with Gasteiger partial charge in [-0.05, 0) is 44.4 Å². The van der Waals surface area contributed by atoms with Crippen LogP contribution >= 0.6 is 0 Å². The van der Waals surface area contributed by atoms with Crippen LogP contribution in [0.2, 0.25) is 0 Å². The summed E-state index contributed by atoms with van der Waals surface area (Å²) in [5.41, 5.74) is 10.1. The number of fused-ring (bicyclic) bond motifs is 1. The lowest BCUT2D eigenvalue weighted by Crippen LogP contribution is -2.16. The van der Waals surface area contributed by atoms with Crippen LogP contribution in [-0.2, 0) is 0 Å². The van der Waals surface area contributed by atoms with Gasteiger partial charge in [-0.1, -0.05) is 19.9 Å². The van der Waals surface area contributed by atoms with Crippen LogP contribution in [0, 0.1) is 19.8 Å². The number of amides is 1. The van der Waals surface area contributed by atoms with Gasteiger partial charge >= 0.3 is 0 Å². The average molecular weight is 342 g/mol. The number of hydrogen-bond donors (Lipinski definition) is 1. The van der Waals surface area contributed by atoms with E-state index in [1.54, 1.807) is 0 Å². The largest absolute Gasteiger partial charge is 0.486 e. The summed E-state index contributed by atoms with van der Waals surface area (Å²) in [6.45, 7) is 11.6. The predicted molar refractivity (Wildman–Crippen MR) is 98.4 cm³/mol. The van der Waals surface area contributed by atoms with Crippen molar-refractivity contribution in [3.8, 4) is 22.6 Å². The Morgan fingerprint density at radius 1 is 1.08 bits per heavy atom. The normalized spacial score (nSPS) is 14.6. The Hall–Kier alpha value is -2.43. The highest BCUT2D eigenvalue weighted by Crippen LogP contribution is 2.40. The Labute approximate surface area is 148 Å². The molecular formula is C20H26N2O3. The minimum Gasteiger partial charge on any atom is -0.486 e. The van der Waals surface area contributed by atoms with Crippen molar-refractivity contribution in [2.45, 2.75) is 40.7 Å². The standard InChI is InChI=1S/C20H26N2O3/c1-11(2)12(3)22-13(4)18(19(14(22)5)20(21)23)15-6-7-16-17(10-15)25-9-8-24-16/h6-7,10-12H,8-9H2,1-5H3,(H2,21,23). The van der Waals surface area contributed by atoms with Gasteiger partial charge in [-0.15, -0.1) is 0 Å². The molecule has 1 aliphatic heterocycles. The van der Waals surface area contributed by atoms with Gasteiger partial charge in [-0.2, -0.15) is 0 Å². The summed E-state index contributed by atoms with van der Waals surface area (Å²) in [5.74, 6) is 1.49. The van der Waals surface area contributed by atoms with E-state index in [1.807, 2.05) is 32.0 Å². The summed E-state index contributed by atoms with van der Waals surface area (Å²) in [5, 5.41) is 0. The first-order valence-electron chi connectivity index (χ1n) is 8.74. The van der Waals surface area contributed by atoms with Crippen molar-refractivity contribution < 1.29 is 14.3 Å². The third-order valence-electron chi connectivity index (χ3n) is 5.15. The van der Waals surface area contributed by atoms with Crippen molar-refractivity contribution in [2.24, 2.45) is 11.7 Å². The number of nitrogens with zero attached hydrogens (tertiary/aromatic N) is 1. The predicted octanol–water partition coefficient (Wildman–Crippen LogP) is 3.86. The van der Waals surface area contributed by atoms with Crippen LogP contribution in [0.5, 0.6) is 11.5 Å². The van der Waals surface area contributed by atoms with Crippen molar-refractivity contribution in [1.82, 2.24) is 4.57 Å². The number of carbonyl (C=O) groups is 1. The molecule has 0 aliphatic carbocycles. The van der Waals surface area contributed by atoms with E-state index in [9.17, 15) is 4.79 Å². The van der Waals surface area contributed by atoms with Gasteiger partial charge in [0.1, 0.15) is 13.2 Å². The molecule has 1 aromatic carbocycles. The summed E-state index contributed by atoms with van der Waals surface area (Å²) in [7, 11) is 0. The fourth-order valence-corrected chi connectivity index (χ4v) is 3.62. The maximum Gasteiger partial charge on any atom is 0.251 e. The van der Waals surface area contributed by atoms with Crippen molar-refractivity contribution in [3.63, 3.8) is 0 Å². The van der Waals surface area contributed by atoms with Crippen LogP contribution in [-0.4, -0.2) is 23.7 Å². The number of rotatable bonds is 4. The summed E-state index contributed by atoms with van der Waals surface area (Å²) in [6, 6.07) is 6.07. The molecule has 1 atom stereocenters. The summed E-state index contributed by atoms with van der Waals surface area (Å²) in [4.78, 5) is 12.2. The van der Waals surface area contributed by atoms with Gasteiger partial charge < -0.3 is 19.8 Å². The molecule has 1 unspecified atom stereocenters. The molecular weight excluding hydrogens is 316 g/mol. The molecule has 2 aromatic rings. The van der Waals surface area contributed by atoms with E-state index in [1.165, 1.54) is 0 Å². The number of benzene rings is 1. The lowest BCUT2D eigenvalue weighted by molar-refractivity contribution is 0.1000. The van der Waals surface area contributed by atoms with Gasteiger partial charge in [0.2, 0.25) is 0 Å². The Morgan fingerprint density at radius 3 is 2.32 bits per heavy atom. The molecule has 0 saturated heterocycles. The zero-order valence-corrected chi connectivity index (χ0v) is 15.6. The molecule has 134 valence electrons. The van der Waals surface area contributed by atoms with E-state index in [4.69, 9.17) is 15.2 Å². The van der Waals surface area contributed by atoms with Crippen LogP contribution in [0.4, 0.5) is 0 Å². The van der Waals surface area contributed by atoms with E-state index in [-0.39, 0.29) is 6.04 Å². The van der Waals surface area contributed by atoms with Crippen LogP contribution in [0.1, 0.15) is 48.6 Å². The second-order valence-electron chi connectivity index (χ2n) is 7.00. The van der Waals surface area contributed by atoms with Crippen LogP contribution in [0.25, 0.3) is 11.1 Å². The zero-order chi connectivity index (χ0) is 18.3. The maximum atomic E-state index is 12.2. The second kappa shape index (κ2) is 6.47. The van der Waals surface area contributed by atoms with E-state index in [0.29, 0.717) is 30.4 Å². The van der Waals surface area contributed by atoms with Gasteiger partial charge in [-0.25, -0.2) is 0 Å². The van der Waals surface area contributed by atoms with Crippen molar-refractivity contribution >= 4 is 5.91 Å². The maximum absolute atomic E-state index is 12.2. The molecule has 0 fully saturated rings. The van der Waals surface area contributed by atoms with Gasteiger partial charge in [0.05, 0.1) is 5.56 Å². The Balaban J connectivity index is 2.22. The van der Waals surface area contributed by atoms with E-state index < -0.39 is 5.91 Å². The second-order valence-corrected chi connectivity index (χ2v) is 7.00. The quantitative estimate of drug-likeness (QED) is 0.917. The van der Waals surface area contributed by atoms with Gasteiger partial charge in [-0.3, -0.25) is 4.79 Å². The Morgan fingerprint density at radius 2 is 1.72 bits per heavy atom. The van der Waals surface area contributed by atoms with E-state index in [2.05, 4.69) is 25.3 Å². The van der Waals surface area contributed by atoms with E-state index in [0.717, 1.165) is 28.3 Å². The number of ether oxygens (including phenoxy) is 2. The van der Waals surface area contributed by atoms with Crippen LogP contribution < -0.4 is 15.2 Å². The minimum atomic E-state index is -0.403. The summed E-state index contributed by atoms with van der Waals surface area (Å²) in [6.07, 6.45) is 0. The lowest BCUT2D eigenvalue weighted by Gasteiger charge is -2.22. The van der Waals surface area contributed by atoms with Crippen LogP contribution in [0.3, 0.4) is 0 Å². The highest BCUT2D eigenvalue weighted by Gasteiger charge is 2.26. The van der Waals surface area contributed by atoms with Crippen LogP contribution in [0.15, 0.2) is 18.2 Å². The molecule has 2 N–H and O–H groups in total. The molecule has 2 heterocycles. The number of hydrogen-bond acceptors (Lipinski definition) is 3. The Bertz CT molecular complexity index is 821. The third kappa shape index (κ3) is 2.88. The molecule has 1 aliphatic rings. The number of carbonyl (C=O) groups excluding carboxylic acids is 1. The first-order chi connectivity index (χ1) is 11.8. The molecule has 5 nitrogen and oxygen atoms in total. The highest BCUT2D eigenvalue weighted by molar-refractivity contribution is 6.02. The average Bonchev–Trinajstić information content (AvgIpc) is 2.84. The monoisotopic (exact) mass is 342 g/mol. The van der Waals surface area contributed by atoms with Crippen molar-refractivity contribution in [3.05, 3.63) is 35.2 Å². The first kappa shape index (κ1) is 17.4. The smallest absolute Gasteiger partial charge is 0.251 e. The lowest BCUT2D eigenvalue weighted by atomic mass is 9.99. The van der Waals surface area contributed by atoms with E-state index >= 15 is 0 Å². The van der Waals surface area contributed by atoms with Crippen molar-refractivity contribution in [2.75, 3.05) is 13.2 Å². The Kier molecular flexibility index (Phi) is 4.50. The topological polar surface area (TPSA) is 66.5 Å². The summed E-state index contributed by atoms with van der Waals surface area (Å²) < 4.78 is 13.5. The number of nitrogens with two attached hydrogens (primary N) is 1. The highest BCUT2D eigenvalue weighted by atomic mass is 16.6. The number of primary amides is 1. The molecule has 1 aromatic heterocycles. The van der Waals surface area contributed by atoms with Crippen molar-refractivity contribution in [1.29, 1.82) is 0 Å². The third-order valence-corrected chi connectivity index (χ3v) is 5.15. The molecule has 5 heteroatoms. The fraction of sp³-hybridized carbons (Fsp3) is 0.450. The molecule has 0 bridgehead atoms. The zero-order valence-electron chi connectivity index (χ0n) is 15.6. The first-order valence-corrected chi connectivity index (χ1v) is 8.74.